The van der Waals surface area contributed by atoms with E-state index in [1.54, 1.807) is 14.2 Å². The quantitative estimate of drug-likeness (QED) is 0.723. The molecule has 5 atom stereocenters. The number of likely N-dealkylation sites (tertiary alicyclic amines) is 1. The number of nitrogens with zero attached hydrogens (tertiary/aromatic N) is 1. The third-order valence-electron chi connectivity index (χ3n) is 7.41. The molecule has 1 aliphatic heterocycles. The number of carbonyl (C=O) groups excluding carboxylic acids is 1. The van der Waals surface area contributed by atoms with Crippen molar-refractivity contribution in [2.45, 2.75) is 31.3 Å². The minimum Gasteiger partial charge on any atom is -0.496 e. The summed E-state index contributed by atoms with van der Waals surface area (Å²) in [5, 5.41) is 22.0. The van der Waals surface area contributed by atoms with E-state index in [9.17, 15) is 15.0 Å². The van der Waals surface area contributed by atoms with Gasteiger partial charge in [-0.05, 0) is 43.7 Å². The highest BCUT2D eigenvalue weighted by Gasteiger charge is 2.54. The maximum absolute atomic E-state index is 13.5. The van der Waals surface area contributed by atoms with Gasteiger partial charge < -0.3 is 24.6 Å². The maximum Gasteiger partial charge on any atom is 0.229 e. The molecular formula is C26H33NO5. The van der Waals surface area contributed by atoms with Crippen molar-refractivity contribution >= 4 is 5.91 Å². The first kappa shape index (κ1) is 22.6. The van der Waals surface area contributed by atoms with Crippen LogP contribution in [0.5, 0.6) is 11.5 Å². The number of aliphatic hydroxyl groups is 2. The molecule has 2 aliphatic rings. The fourth-order valence-corrected chi connectivity index (χ4v) is 5.82. The van der Waals surface area contributed by atoms with Crippen LogP contribution in [0.3, 0.4) is 0 Å². The molecule has 1 heterocycles. The SMILES string of the molecule is COc1ccccc1[C@H](C)C(=O)N1CC2CC(CO)CC(O)(c3ccccc3OC)C2C1. The standard InChI is InChI=1S/C26H33NO5/c1-17(20-8-4-6-10-23(20)31-2)25(29)27-14-19-12-18(16-28)13-26(30,22(19)15-27)21-9-5-7-11-24(21)32-3/h4-11,17-19,22,28,30H,12-16H2,1-3H3/t17-,18?,19?,22?,26?/m0/s1. The van der Waals surface area contributed by atoms with Gasteiger partial charge in [-0.15, -0.1) is 0 Å². The van der Waals surface area contributed by atoms with Crippen LogP contribution in [0, 0.1) is 17.8 Å². The van der Waals surface area contributed by atoms with E-state index in [1.165, 1.54) is 0 Å². The van der Waals surface area contributed by atoms with E-state index >= 15 is 0 Å². The van der Waals surface area contributed by atoms with Crippen LogP contribution in [-0.4, -0.2) is 54.9 Å². The van der Waals surface area contributed by atoms with E-state index in [-0.39, 0.29) is 36.2 Å². The number of carbonyl (C=O) groups is 1. The van der Waals surface area contributed by atoms with Gasteiger partial charge in [0.2, 0.25) is 5.91 Å². The summed E-state index contributed by atoms with van der Waals surface area (Å²) >= 11 is 0. The number of ether oxygens (including phenoxy) is 2. The van der Waals surface area contributed by atoms with E-state index in [4.69, 9.17) is 9.47 Å². The zero-order valence-corrected chi connectivity index (χ0v) is 19.0. The van der Waals surface area contributed by atoms with Crippen molar-refractivity contribution in [2.24, 2.45) is 17.8 Å². The molecule has 0 bridgehead atoms. The van der Waals surface area contributed by atoms with Crippen LogP contribution in [0.25, 0.3) is 0 Å². The number of hydrogen-bond donors (Lipinski definition) is 2. The number of amides is 1. The molecule has 4 rings (SSSR count). The molecule has 6 heteroatoms. The zero-order valence-electron chi connectivity index (χ0n) is 19.0. The Labute approximate surface area is 189 Å². The minimum atomic E-state index is -1.16. The Morgan fingerprint density at radius 2 is 1.75 bits per heavy atom. The molecule has 2 aromatic carbocycles. The van der Waals surface area contributed by atoms with Crippen LogP contribution in [0.1, 0.15) is 36.8 Å². The predicted molar refractivity (Wildman–Crippen MR) is 122 cm³/mol. The third-order valence-corrected chi connectivity index (χ3v) is 7.41. The Hall–Kier alpha value is -2.57. The Balaban J connectivity index is 1.63. The number of fused-ring (bicyclic) bond motifs is 1. The first-order chi connectivity index (χ1) is 15.4. The molecule has 0 radical (unpaired) electrons. The van der Waals surface area contributed by atoms with Gasteiger partial charge in [0, 0.05) is 36.7 Å². The molecule has 32 heavy (non-hydrogen) atoms. The molecule has 2 aromatic rings. The Kier molecular flexibility index (Phi) is 6.45. The number of benzene rings is 2. The number of methoxy groups -OCH3 is 2. The summed E-state index contributed by atoms with van der Waals surface area (Å²) in [6.07, 6.45) is 1.25. The molecule has 0 aromatic heterocycles. The molecular weight excluding hydrogens is 406 g/mol. The molecule has 1 aliphatic carbocycles. The van der Waals surface area contributed by atoms with Gasteiger partial charge in [-0.2, -0.15) is 0 Å². The van der Waals surface area contributed by atoms with Crippen LogP contribution in [0.2, 0.25) is 0 Å². The smallest absolute Gasteiger partial charge is 0.229 e. The first-order valence-corrected chi connectivity index (χ1v) is 11.3. The molecule has 4 unspecified atom stereocenters. The second-order valence-electron chi connectivity index (χ2n) is 9.19. The summed E-state index contributed by atoms with van der Waals surface area (Å²) in [6, 6.07) is 15.1. The second kappa shape index (κ2) is 9.12. The summed E-state index contributed by atoms with van der Waals surface area (Å²) in [6.45, 7) is 2.99. The monoisotopic (exact) mass is 439 g/mol. The molecule has 172 valence electrons. The van der Waals surface area contributed by atoms with Crippen molar-refractivity contribution in [1.29, 1.82) is 0 Å². The maximum atomic E-state index is 13.5. The normalized spacial score (nSPS) is 28.2. The lowest BCUT2D eigenvalue weighted by molar-refractivity contribution is -0.132. The molecule has 1 saturated heterocycles. The molecule has 2 fully saturated rings. The van der Waals surface area contributed by atoms with Crippen molar-refractivity contribution in [1.82, 2.24) is 4.90 Å². The van der Waals surface area contributed by atoms with Crippen LogP contribution >= 0.6 is 0 Å². The lowest BCUT2D eigenvalue weighted by Crippen LogP contribution is -2.46. The number of para-hydroxylation sites is 2. The van der Waals surface area contributed by atoms with Crippen molar-refractivity contribution in [3.8, 4) is 11.5 Å². The molecule has 6 nitrogen and oxygen atoms in total. The van der Waals surface area contributed by atoms with Gasteiger partial charge in [-0.3, -0.25) is 4.79 Å². The van der Waals surface area contributed by atoms with Gasteiger partial charge in [-0.25, -0.2) is 0 Å². The van der Waals surface area contributed by atoms with Crippen molar-refractivity contribution < 1.29 is 24.5 Å². The average molecular weight is 440 g/mol. The molecule has 1 saturated carbocycles. The van der Waals surface area contributed by atoms with Gasteiger partial charge in [-0.1, -0.05) is 36.4 Å². The first-order valence-electron chi connectivity index (χ1n) is 11.3. The lowest BCUT2D eigenvalue weighted by Gasteiger charge is -2.45. The minimum absolute atomic E-state index is 0.0201. The Morgan fingerprint density at radius 1 is 1.09 bits per heavy atom. The molecule has 2 N–H and O–H groups in total. The Bertz CT molecular complexity index is 963. The van der Waals surface area contributed by atoms with Crippen LogP contribution in [0.15, 0.2) is 48.5 Å². The van der Waals surface area contributed by atoms with E-state index in [2.05, 4.69) is 0 Å². The molecule has 1 amide bonds. The summed E-state index contributed by atoms with van der Waals surface area (Å²) in [7, 11) is 3.22. The highest BCUT2D eigenvalue weighted by Crippen LogP contribution is 2.52. The number of hydrogen-bond acceptors (Lipinski definition) is 5. The predicted octanol–water partition coefficient (Wildman–Crippen LogP) is 3.17. The zero-order chi connectivity index (χ0) is 22.9. The fourth-order valence-electron chi connectivity index (χ4n) is 5.82. The summed E-state index contributed by atoms with van der Waals surface area (Å²) in [4.78, 5) is 15.4. The van der Waals surface area contributed by atoms with E-state index < -0.39 is 5.60 Å². The van der Waals surface area contributed by atoms with Gasteiger partial charge in [0.05, 0.1) is 25.7 Å². The topological polar surface area (TPSA) is 79.2 Å². The van der Waals surface area contributed by atoms with Crippen LogP contribution < -0.4 is 9.47 Å². The second-order valence-corrected chi connectivity index (χ2v) is 9.19. The molecule has 0 spiro atoms. The third kappa shape index (κ3) is 3.86. The highest BCUT2D eigenvalue weighted by atomic mass is 16.5. The number of rotatable bonds is 6. The van der Waals surface area contributed by atoms with Crippen molar-refractivity contribution in [3.63, 3.8) is 0 Å². The van der Waals surface area contributed by atoms with E-state index in [1.807, 2.05) is 60.4 Å². The van der Waals surface area contributed by atoms with Crippen LogP contribution in [0.4, 0.5) is 0 Å². The largest absolute Gasteiger partial charge is 0.496 e. The Morgan fingerprint density at radius 3 is 2.44 bits per heavy atom. The van der Waals surface area contributed by atoms with E-state index in [0.29, 0.717) is 31.0 Å². The lowest BCUT2D eigenvalue weighted by atomic mass is 9.64. The summed E-state index contributed by atoms with van der Waals surface area (Å²) in [5.74, 6) is 1.01. The summed E-state index contributed by atoms with van der Waals surface area (Å²) < 4.78 is 11.0. The van der Waals surface area contributed by atoms with Crippen molar-refractivity contribution in [2.75, 3.05) is 33.9 Å². The fraction of sp³-hybridized carbons (Fsp3) is 0.500. The van der Waals surface area contributed by atoms with Crippen LogP contribution in [-0.2, 0) is 10.4 Å². The van der Waals surface area contributed by atoms with Gasteiger partial charge >= 0.3 is 0 Å². The van der Waals surface area contributed by atoms with Crippen molar-refractivity contribution in [3.05, 3.63) is 59.7 Å². The van der Waals surface area contributed by atoms with Gasteiger partial charge in [0.1, 0.15) is 11.5 Å². The average Bonchev–Trinajstić information content (AvgIpc) is 3.28. The number of aliphatic hydroxyl groups excluding tert-OH is 1. The van der Waals surface area contributed by atoms with Gasteiger partial charge in [0.25, 0.3) is 0 Å². The van der Waals surface area contributed by atoms with Gasteiger partial charge in [0.15, 0.2) is 0 Å². The van der Waals surface area contributed by atoms with E-state index in [0.717, 1.165) is 17.5 Å². The summed E-state index contributed by atoms with van der Waals surface area (Å²) in [5.41, 5.74) is 0.442. The highest BCUT2D eigenvalue weighted by molar-refractivity contribution is 5.84.